The highest BCUT2D eigenvalue weighted by Crippen LogP contribution is 2.32. The van der Waals surface area contributed by atoms with Crippen molar-refractivity contribution in [1.29, 1.82) is 0 Å². The molecule has 1 aliphatic rings. The Hall–Kier alpha value is -4.60. The zero-order valence-corrected chi connectivity index (χ0v) is 22.5. The van der Waals surface area contributed by atoms with Gasteiger partial charge in [-0.1, -0.05) is 28.9 Å². The number of para-hydroxylation sites is 1. The number of amides is 1. The number of methoxy groups -OCH3 is 1. The van der Waals surface area contributed by atoms with Crippen LogP contribution in [0, 0.1) is 5.82 Å². The van der Waals surface area contributed by atoms with Crippen LogP contribution < -0.4 is 20.6 Å². The Morgan fingerprint density at radius 3 is 2.78 bits per heavy atom. The van der Waals surface area contributed by atoms with Crippen LogP contribution in [0.25, 0.3) is 5.82 Å². The van der Waals surface area contributed by atoms with Gasteiger partial charge in [-0.2, -0.15) is 9.78 Å². The summed E-state index contributed by atoms with van der Waals surface area (Å²) in [4.78, 5) is 15.2. The van der Waals surface area contributed by atoms with Crippen molar-refractivity contribution in [3.63, 3.8) is 0 Å². The van der Waals surface area contributed by atoms with Gasteiger partial charge in [-0.25, -0.2) is 14.4 Å². The molecule has 1 saturated heterocycles. The van der Waals surface area contributed by atoms with Crippen molar-refractivity contribution < 1.29 is 28.0 Å². The molecule has 3 heterocycles. The molecule has 1 fully saturated rings. The predicted octanol–water partition coefficient (Wildman–Crippen LogP) is 2.21. The van der Waals surface area contributed by atoms with Crippen molar-refractivity contribution in [3.8, 4) is 17.3 Å². The van der Waals surface area contributed by atoms with Gasteiger partial charge in [0, 0.05) is 30.8 Å². The summed E-state index contributed by atoms with van der Waals surface area (Å²) in [6.07, 6.45) is 1.37. The van der Waals surface area contributed by atoms with E-state index >= 15 is 0 Å². The smallest absolute Gasteiger partial charge is 0.293 e. The number of aromatic nitrogens is 5. The summed E-state index contributed by atoms with van der Waals surface area (Å²) in [5.74, 6) is -0.377. The number of nitrogens with one attached hydrogen (secondary N) is 1. The SMILES string of the molecule is COc1cccc(C=NNC(=O)c2nnn(-c3nonc3N)c2CN2CCOCC2)c1OCc1c(F)cccc1Cl. The normalized spacial score (nSPS) is 13.9. The number of nitrogens with two attached hydrogens (primary N) is 1. The van der Waals surface area contributed by atoms with Crippen molar-refractivity contribution in [2.24, 2.45) is 5.10 Å². The number of benzene rings is 2. The molecule has 1 amide bonds. The van der Waals surface area contributed by atoms with Gasteiger partial charge >= 0.3 is 0 Å². The Kier molecular flexibility index (Phi) is 8.67. The molecule has 0 saturated carbocycles. The number of nitrogen functional groups attached to an aromatic ring is 1. The summed E-state index contributed by atoms with van der Waals surface area (Å²) < 4.78 is 37.0. The molecule has 4 aromatic rings. The number of anilines is 1. The Morgan fingerprint density at radius 1 is 1.24 bits per heavy atom. The molecule has 0 aliphatic carbocycles. The minimum absolute atomic E-state index is 0.00681. The third kappa shape index (κ3) is 6.26. The number of rotatable bonds is 10. The number of hydrogen-bond donors (Lipinski definition) is 2. The zero-order chi connectivity index (χ0) is 28.8. The monoisotopic (exact) mass is 585 g/mol. The van der Waals surface area contributed by atoms with Crippen molar-refractivity contribution >= 4 is 29.5 Å². The lowest BCUT2D eigenvalue weighted by Crippen LogP contribution is -2.37. The molecule has 214 valence electrons. The van der Waals surface area contributed by atoms with Crippen LogP contribution in [0.4, 0.5) is 10.2 Å². The Labute approximate surface area is 237 Å². The van der Waals surface area contributed by atoms with E-state index in [4.69, 9.17) is 36.2 Å². The van der Waals surface area contributed by atoms with Crippen LogP contribution in [0.3, 0.4) is 0 Å². The van der Waals surface area contributed by atoms with Crippen molar-refractivity contribution in [3.05, 3.63) is 69.8 Å². The van der Waals surface area contributed by atoms with Gasteiger partial charge in [0.25, 0.3) is 5.91 Å². The molecule has 3 N–H and O–H groups in total. The quantitative estimate of drug-likeness (QED) is 0.207. The third-order valence-electron chi connectivity index (χ3n) is 6.17. The average Bonchev–Trinajstić information content (AvgIpc) is 3.59. The largest absolute Gasteiger partial charge is 0.493 e. The fourth-order valence-electron chi connectivity index (χ4n) is 4.08. The van der Waals surface area contributed by atoms with Crippen LogP contribution in [0.15, 0.2) is 46.1 Å². The van der Waals surface area contributed by atoms with Crippen molar-refractivity contribution in [1.82, 2.24) is 35.6 Å². The van der Waals surface area contributed by atoms with Gasteiger partial charge < -0.3 is 19.9 Å². The molecule has 1 aliphatic heterocycles. The fraction of sp³-hybridized carbons (Fsp3) is 0.280. The van der Waals surface area contributed by atoms with Crippen molar-refractivity contribution in [2.45, 2.75) is 13.2 Å². The fourth-order valence-corrected chi connectivity index (χ4v) is 4.29. The molecule has 16 heteroatoms. The van der Waals surface area contributed by atoms with E-state index in [1.165, 1.54) is 30.1 Å². The first-order valence-electron chi connectivity index (χ1n) is 12.4. The van der Waals surface area contributed by atoms with Gasteiger partial charge in [-0.15, -0.1) is 5.10 Å². The van der Waals surface area contributed by atoms with E-state index in [-0.39, 0.29) is 40.3 Å². The van der Waals surface area contributed by atoms with Gasteiger partial charge in [-0.05, 0) is 34.6 Å². The molecule has 0 bridgehead atoms. The number of nitrogens with zero attached hydrogens (tertiary/aromatic N) is 7. The van der Waals surface area contributed by atoms with E-state index < -0.39 is 11.7 Å². The first-order valence-corrected chi connectivity index (χ1v) is 12.7. The molecule has 5 rings (SSSR count). The minimum Gasteiger partial charge on any atom is -0.493 e. The third-order valence-corrected chi connectivity index (χ3v) is 6.53. The summed E-state index contributed by atoms with van der Waals surface area (Å²) in [7, 11) is 1.47. The lowest BCUT2D eigenvalue weighted by Gasteiger charge is -2.26. The van der Waals surface area contributed by atoms with E-state index in [2.05, 4.69) is 36.1 Å². The van der Waals surface area contributed by atoms with E-state index in [1.54, 1.807) is 24.3 Å². The number of carbonyl (C=O) groups excluding carboxylic acids is 1. The van der Waals surface area contributed by atoms with Gasteiger partial charge in [0.2, 0.25) is 11.6 Å². The van der Waals surface area contributed by atoms with Gasteiger partial charge in [0.1, 0.15) is 12.4 Å². The number of hydrogen-bond acceptors (Lipinski definition) is 12. The molecule has 2 aromatic carbocycles. The first kappa shape index (κ1) is 27.9. The van der Waals surface area contributed by atoms with Crippen LogP contribution in [0.2, 0.25) is 5.02 Å². The van der Waals surface area contributed by atoms with Gasteiger partial charge in [-0.3, -0.25) is 9.69 Å². The highest BCUT2D eigenvalue weighted by atomic mass is 35.5. The second-order valence-corrected chi connectivity index (χ2v) is 9.13. The lowest BCUT2D eigenvalue weighted by atomic mass is 10.2. The van der Waals surface area contributed by atoms with Crippen LogP contribution in [-0.2, 0) is 17.9 Å². The molecule has 2 aromatic heterocycles. The second-order valence-electron chi connectivity index (χ2n) is 8.72. The number of hydrazone groups is 1. The first-order chi connectivity index (χ1) is 20.0. The summed E-state index contributed by atoms with van der Waals surface area (Å²) in [5, 5.41) is 19.8. The molecule has 0 atom stereocenters. The van der Waals surface area contributed by atoms with Crippen molar-refractivity contribution in [2.75, 3.05) is 39.1 Å². The Morgan fingerprint density at radius 2 is 2.05 bits per heavy atom. The molecule has 0 spiro atoms. The van der Waals surface area contributed by atoms with E-state index in [1.807, 2.05) is 0 Å². The average molecular weight is 586 g/mol. The molecular formula is C25H25ClFN9O5. The Balaban J connectivity index is 1.36. The van der Waals surface area contributed by atoms with E-state index in [9.17, 15) is 9.18 Å². The van der Waals surface area contributed by atoms with Crippen LogP contribution >= 0.6 is 11.6 Å². The molecule has 0 radical (unpaired) electrons. The van der Waals surface area contributed by atoms with E-state index in [0.717, 1.165) is 0 Å². The summed E-state index contributed by atoms with van der Waals surface area (Å²) in [6, 6.07) is 9.45. The van der Waals surface area contributed by atoms with Gasteiger partial charge in [0.05, 0.1) is 37.3 Å². The maximum Gasteiger partial charge on any atom is 0.293 e. The molecular weight excluding hydrogens is 561 g/mol. The topological polar surface area (TPSA) is 168 Å². The van der Waals surface area contributed by atoms with E-state index in [0.29, 0.717) is 49.9 Å². The number of morpholine rings is 1. The zero-order valence-electron chi connectivity index (χ0n) is 21.8. The lowest BCUT2D eigenvalue weighted by molar-refractivity contribution is 0.0332. The molecule has 41 heavy (non-hydrogen) atoms. The van der Waals surface area contributed by atoms with Crippen LogP contribution in [-0.4, -0.2) is 75.7 Å². The summed E-state index contributed by atoms with van der Waals surface area (Å²) in [6.45, 7) is 2.54. The number of halogens is 2. The Bertz CT molecular complexity index is 1530. The second kappa shape index (κ2) is 12.7. The number of carbonyl (C=O) groups is 1. The predicted molar refractivity (Wildman–Crippen MR) is 144 cm³/mol. The van der Waals surface area contributed by atoms with Crippen LogP contribution in [0.1, 0.15) is 27.3 Å². The maximum absolute atomic E-state index is 14.3. The molecule has 14 nitrogen and oxygen atoms in total. The van der Waals surface area contributed by atoms with Crippen LogP contribution in [0.5, 0.6) is 11.5 Å². The van der Waals surface area contributed by atoms with Gasteiger partial charge in [0.15, 0.2) is 17.2 Å². The highest BCUT2D eigenvalue weighted by molar-refractivity contribution is 6.31. The maximum atomic E-state index is 14.3. The number of ether oxygens (including phenoxy) is 3. The standard InChI is InChI=1S/C25H25ClFN9O5/c1-38-20-7-2-4-15(22(20)40-14-16-17(26)5-3-6-18(16)27)12-29-31-25(37)21-19(13-35-8-10-39-11-9-35)36(34-30-21)24-23(28)32-41-33-24/h2-7,12H,8-11,13-14H2,1H3,(H2,28,32)(H,31,37). The highest BCUT2D eigenvalue weighted by Gasteiger charge is 2.26. The summed E-state index contributed by atoms with van der Waals surface area (Å²) >= 11 is 6.14. The summed E-state index contributed by atoms with van der Waals surface area (Å²) in [5.41, 5.74) is 9.38. The minimum atomic E-state index is -0.630. The molecule has 0 unspecified atom stereocenters.